The lowest BCUT2D eigenvalue weighted by Gasteiger charge is -2.23. The summed E-state index contributed by atoms with van der Waals surface area (Å²) >= 11 is 0. The predicted molar refractivity (Wildman–Crippen MR) is 63.4 cm³/mol. The van der Waals surface area contributed by atoms with Gasteiger partial charge in [-0.15, -0.1) is 0 Å². The molecule has 16 heavy (non-hydrogen) atoms. The van der Waals surface area contributed by atoms with Gasteiger partial charge in [0.05, 0.1) is 18.8 Å². The SMILES string of the molecule is COCCNC(=O)C(C)NC(C)C(C)OC. The largest absolute Gasteiger partial charge is 0.383 e. The number of amides is 1. The van der Waals surface area contributed by atoms with Crippen LogP contribution in [0.2, 0.25) is 0 Å². The minimum Gasteiger partial charge on any atom is -0.383 e. The molecule has 0 bridgehead atoms. The molecule has 5 nitrogen and oxygen atoms in total. The Morgan fingerprint density at radius 1 is 1.25 bits per heavy atom. The van der Waals surface area contributed by atoms with Gasteiger partial charge in [-0.1, -0.05) is 0 Å². The van der Waals surface area contributed by atoms with Crippen molar-refractivity contribution < 1.29 is 14.3 Å². The van der Waals surface area contributed by atoms with Crippen LogP contribution in [-0.2, 0) is 14.3 Å². The molecule has 0 aromatic rings. The van der Waals surface area contributed by atoms with E-state index in [9.17, 15) is 4.79 Å². The van der Waals surface area contributed by atoms with Crippen molar-refractivity contribution in [1.82, 2.24) is 10.6 Å². The molecule has 0 aliphatic heterocycles. The number of rotatable bonds is 8. The smallest absolute Gasteiger partial charge is 0.236 e. The van der Waals surface area contributed by atoms with Crippen LogP contribution in [-0.4, -0.2) is 51.5 Å². The first-order chi connectivity index (χ1) is 7.52. The van der Waals surface area contributed by atoms with Gasteiger partial charge in [-0.05, 0) is 20.8 Å². The van der Waals surface area contributed by atoms with Crippen molar-refractivity contribution in [2.75, 3.05) is 27.4 Å². The lowest BCUT2D eigenvalue weighted by molar-refractivity contribution is -0.123. The Labute approximate surface area is 97.9 Å². The average Bonchev–Trinajstić information content (AvgIpc) is 2.27. The molecule has 3 atom stereocenters. The van der Waals surface area contributed by atoms with E-state index >= 15 is 0 Å². The Bertz CT molecular complexity index is 200. The number of hydrogen-bond donors (Lipinski definition) is 2. The number of carbonyl (C=O) groups is 1. The molecule has 0 saturated heterocycles. The average molecular weight is 232 g/mol. The van der Waals surface area contributed by atoms with Gasteiger partial charge in [0.15, 0.2) is 0 Å². The van der Waals surface area contributed by atoms with Crippen LogP contribution in [0.25, 0.3) is 0 Å². The summed E-state index contributed by atoms with van der Waals surface area (Å²) in [6.45, 7) is 6.86. The molecule has 2 N–H and O–H groups in total. The van der Waals surface area contributed by atoms with Gasteiger partial charge in [0, 0.05) is 26.8 Å². The molecule has 0 aromatic carbocycles. The molecule has 0 radical (unpaired) electrons. The Hall–Kier alpha value is -0.650. The molecule has 0 aromatic heterocycles. The van der Waals surface area contributed by atoms with Crippen LogP contribution in [0.1, 0.15) is 20.8 Å². The lowest BCUT2D eigenvalue weighted by atomic mass is 10.2. The maximum Gasteiger partial charge on any atom is 0.236 e. The highest BCUT2D eigenvalue weighted by atomic mass is 16.5. The van der Waals surface area contributed by atoms with E-state index in [1.807, 2.05) is 20.8 Å². The Morgan fingerprint density at radius 3 is 2.38 bits per heavy atom. The van der Waals surface area contributed by atoms with Gasteiger partial charge in [0.25, 0.3) is 0 Å². The minimum absolute atomic E-state index is 0.0211. The van der Waals surface area contributed by atoms with E-state index < -0.39 is 0 Å². The molecule has 0 saturated carbocycles. The Morgan fingerprint density at radius 2 is 1.88 bits per heavy atom. The zero-order valence-corrected chi connectivity index (χ0v) is 10.9. The van der Waals surface area contributed by atoms with Crippen LogP contribution in [0.5, 0.6) is 0 Å². The molecule has 0 rings (SSSR count). The predicted octanol–water partition coefficient (Wildman–Crippen LogP) is 0.151. The second kappa shape index (κ2) is 8.50. The minimum atomic E-state index is -0.232. The summed E-state index contributed by atoms with van der Waals surface area (Å²) in [7, 11) is 3.27. The first-order valence-electron chi connectivity index (χ1n) is 5.58. The molecule has 0 fully saturated rings. The quantitative estimate of drug-likeness (QED) is 0.585. The molecular formula is C11H24N2O3. The maximum atomic E-state index is 11.6. The summed E-state index contributed by atoms with van der Waals surface area (Å²) in [6, 6.07) is -0.0994. The maximum absolute atomic E-state index is 11.6. The van der Waals surface area contributed by atoms with Crippen molar-refractivity contribution in [1.29, 1.82) is 0 Å². The van der Waals surface area contributed by atoms with E-state index in [0.717, 1.165) is 0 Å². The fourth-order valence-electron chi connectivity index (χ4n) is 1.24. The summed E-state index contributed by atoms with van der Waals surface area (Å²) < 4.78 is 10.0. The normalized spacial score (nSPS) is 16.6. The Balaban J connectivity index is 3.86. The van der Waals surface area contributed by atoms with Gasteiger partial charge in [-0.25, -0.2) is 0 Å². The monoisotopic (exact) mass is 232 g/mol. The van der Waals surface area contributed by atoms with E-state index in [0.29, 0.717) is 13.2 Å². The van der Waals surface area contributed by atoms with E-state index in [2.05, 4.69) is 10.6 Å². The molecule has 3 unspecified atom stereocenters. The van der Waals surface area contributed by atoms with Gasteiger partial charge >= 0.3 is 0 Å². The van der Waals surface area contributed by atoms with Crippen LogP contribution in [0, 0.1) is 0 Å². The molecule has 5 heteroatoms. The number of nitrogens with one attached hydrogen (secondary N) is 2. The zero-order chi connectivity index (χ0) is 12.6. The molecule has 96 valence electrons. The topological polar surface area (TPSA) is 59.6 Å². The number of methoxy groups -OCH3 is 2. The standard InChI is InChI=1S/C11H24N2O3/c1-8(10(3)16-5)13-9(2)11(14)12-6-7-15-4/h8-10,13H,6-7H2,1-5H3,(H,12,14). The third-order valence-electron chi connectivity index (χ3n) is 2.59. The summed E-state index contributed by atoms with van der Waals surface area (Å²) in [5, 5.41) is 5.96. The number of hydrogen-bond acceptors (Lipinski definition) is 4. The van der Waals surface area contributed by atoms with Crippen molar-refractivity contribution in [2.45, 2.75) is 39.0 Å². The van der Waals surface area contributed by atoms with Crippen LogP contribution in [0.4, 0.5) is 0 Å². The highest BCUT2D eigenvalue weighted by Crippen LogP contribution is 1.97. The second-order valence-corrected chi connectivity index (χ2v) is 3.90. The molecule has 0 spiro atoms. The van der Waals surface area contributed by atoms with Gasteiger partial charge in [-0.2, -0.15) is 0 Å². The molecule has 1 amide bonds. The van der Waals surface area contributed by atoms with Crippen LogP contribution < -0.4 is 10.6 Å². The van der Waals surface area contributed by atoms with E-state index in [1.165, 1.54) is 0 Å². The summed E-state index contributed by atoms with van der Waals surface area (Å²) in [5.41, 5.74) is 0. The van der Waals surface area contributed by atoms with Crippen LogP contribution >= 0.6 is 0 Å². The van der Waals surface area contributed by atoms with E-state index in [4.69, 9.17) is 9.47 Å². The van der Waals surface area contributed by atoms with Crippen molar-refractivity contribution in [3.8, 4) is 0 Å². The van der Waals surface area contributed by atoms with Crippen LogP contribution in [0.3, 0.4) is 0 Å². The fraction of sp³-hybridized carbons (Fsp3) is 0.909. The number of carbonyl (C=O) groups excluding carboxylic acids is 1. The number of ether oxygens (including phenoxy) is 2. The van der Waals surface area contributed by atoms with Crippen molar-refractivity contribution in [2.24, 2.45) is 0 Å². The second-order valence-electron chi connectivity index (χ2n) is 3.90. The highest BCUT2D eigenvalue weighted by molar-refractivity contribution is 5.81. The van der Waals surface area contributed by atoms with Crippen molar-refractivity contribution in [3.63, 3.8) is 0 Å². The molecular weight excluding hydrogens is 208 g/mol. The van der Waals surface area contributed by atoms with Crippen molar-refractivity contribution >= 4 is 5.91 Å². The summed E-state index contributed by atoms with van der Waals surface area (Å²) in [4.78, 5) is 11.6. The van der Waals surface area contributed by atoms with Crippen LogP contribution in [0.15, 0.2) is 0 Å². The highest BCUT2D eigenvalue weighted by Gasteiger charge is 2.18. The molecule has 0 aliphatic carbocycles. The fourth-order valence-corrected chi connectivity index (χ4v) is 1.24. The summed E-state index contributed by atoms with van der Waals surface area (Å²) in [6.07, 6.45) is 0.0780. The third-order valence-corrected chi connectivity index (χ3v) is 2.59. The zero-order valence-electron chi connectivity index (χ0n) is 10.9. The first kappa shape index (κ1) is 15.3. The van der Waals surface area contributed by atoms with Gasteiger partial charge in [0.1, 0.15) is 0 Å². The van der Waals surface area contributed by atoms with Gasteiger partial charge in [-0.3, -0.25) is 4.79 Å². The van der Waals surface area contributed by atoms with E-state index in [1.54, 1.807) is 14.2 Å². The summed E-state index contributed by atoms with van der Waals surface area (Å²) in [5.74, 6) is -0.0211. The van der Waals surface area contributed by atoms with Gasteiger partial charge in [0.2, 0.25) is 5.91 Å². The molecule has 0 heterocycles. The van der Waals surface area contributed by atoms with Gasteiger partial charge < -0.3 is 20.1 Å². The third kappa shape index (κ3) is 6.05. The molecule has 0 aliphatic rings. The van der Waals surface area contributed by atoms with Crippen molar-refractivity contribution in [3.05, 3.63) is 0 Å². The lowest BCUT2D eigenvalue weighted by Crippen LogP contribution is -2.49. The first-order valence-corrected chi connectivity index (χ1v) is 5.58. The Kier molecular flexibility index (Phi) is 8.15. The van der Waals surface area contributed by atoms with E-state index in [-0.39, 0.29) is 24.1 Å².